The molecule has 3 rings (SSSR count). The number of anilines is 1. The highest BCUT2D eigenvalue weighted by atomic mass is 32.1. The second kappa shape index (κ2) is 9.30. The van der Waals surface area contributed by atoms with Crippen molar-refractivity contribution in [2.75, 3.05) is 19.4 Å². The topological polar surface area (TPSA) is 142 Å². The molecule has 160 valence electrons. The minimum atomic E-state index is -0.573. The van der Waals surface area contributed by atoms with Gasteiger partial charge in [0, 0.05) is 17.8 Å². The Morgan fingerprint density at radius 2 is 2.06 bits per heavy atom. The standard InChI is InChI=1S/C20H19N5O5S/c1-12-18(31-19(23-12)13-6-7-15(21)16(9-13)25(28)29)20(27)24(11-17(26)30-2)10-14-5-3-4-8-22-14/h3-9H,10-11,21H2,1-2H3. The van der Waals surface area contributed by atoms with Crippen molar-refractivity contribution in [2.24, 2.45) is 0 Å². The molecule has 31 heavy (non-hydrogen) atoms. The van der Waals surface area contributed by atoms with E-state index in [-0.39, 0.29) is 24.5 Å². The number of thiazole rings is 1. The number of nitrogens with two attached hydrogens (primary N) is 1. The highest BCUT2D eigenvalue weighted by Gasteiger charge is 2.25. The fourth-order valence-corrected chi connectivity index (χ4v) is 3.83. The zero-order valence-corrected chi connectivity index (χ0v) is 17.6. The third kappa shape index (κ3) is 5.01. The van der Waals surface area contributed by atoms with E-state index >= 15 is 0 Å². The molecule has 3 aromatic rings. The van der Waals surface area contributed by atoms with E-state index in [9.17, 15) is 19.7 Å². The maximum atomic E-state index is 13.2. The summed E-state index contributed by atoms with van der Waals surface area (Å²) in [6.45, 7) is 1.51. The average molecular weight is 441 g/mol. The quantitative estimate of drug-likeness (QED) is 0.255. The molecule has 0 radical (unpaired) electrons. The molecule has 2 aromatic heterocycles. The number of hydrogen-bond donors (Lipinski definition) is 1. The second-order valence-electron chi connectivity index (χ2n) is 6.52. The van der Waals surface area contributed by atoms with Crippen molar-refractivity contribution in [3.05, 3.63) is 69.0 Å². The van der Waals surface area contributed by atoms with E-state index in [2.05, 4.69) is 9.97 Å². The maximum absolute atomic E-state index is 13.2. The first kappa shape index (κ1) is 21.8. The lowest BCUT2D eigenvalue weighted by Crippen LogP contribution is -2.36. The van der Waals surface area contributed by atoms with Crippen LogP contribution in [0.1, 0.15) is 21.1 Å². The van der Waals surface area contributed by atoms with E-state index in [1.807, 2.05) is 0 Å². The molecule has 0 spiro atoms. The molecule has 0 aliphatic rings. The van der Waals surface area contributed by atoms with Crippen LogP contribution < -0.4 is 5.73 Å². The lowest BCUT2D eigenvalue weighted by molar-refractivity contribution is -0.383. The van der Waals surface area contributed by atoms with Gasteiger partial charge < -0.3 is 15.4 Å². The first-order chi connectivity index (χ1) is 14.8. The fraction of sp³-hybridized carbons (Fsp3) is 0.200. The van der Waals surface area contributed by atoms with Crippen molar-refractivity contribution < 1.29 is 19.2 Å². The van der Waals surface area contributed by atoms with Crippen LogP contribution >= 0.6 is 11.3 Å². The van der Waals surface area contributed by atoms with E-state index in [4.69, 9.17) is 10.5 Å². The number of nitro benzene ring substituents is 1. The number of esters is 1. The first-order valence-corrected chi connectivity index (χ1v) is 9.89. The molecule has 10 nitrogen and oxygen atoms in total. The van der Waals surface area contributed by atoms with Crippen LogP contribution in [-0.4, -0.2) is 45.3 Å². The largest absolute Gasteiger partial charge is 0.468 e. The van der Waals surface area contributed by atoms with E-state index in [0.29, 0.717) is 26.8 Å². The molecule has 0 atom stereocenters. The van der Waals surface area contributed by atoms with E-state index in [0.717, 1.165) is 11.3 Å². The van der Waals surface area contributed by atoms with Crippen molar-refractivity contribution in [1.82, 2.24) is 14.9 Å². The third-order valence-corrected chi connectivity index (χ3v) is 5.57. The van der Waals surface area contributed by atoms with Crippen molar-refractivity contribution in [2.45, 2.75) is 13.5 Å². The summed E-state index contributed by atoms with van der Waals surface area (Å²) < 4.78 is 4.71. The van der Waals surface area contributed by atoms with Gasteiger partial charge in [0.1, 0.15) is 22.1 Å². The van der Waals surface area contributed by atoms with E-state index in [1.54, 1.807) is 37.4 Å². The monoisotopic (exact) mass is 441 g/mol. The zero-order valence-electron chi connectivity index (χ0n) is 16.8. The van der Waals surface area contributed by atoms with Gasteiger partial charge in [-0.05, 0) is 31.2 Å². The Kier molecular flexibility index (Phi) is 6.55. The number of aromatic nitrogens is 2. The first-order valence-electron chi connectivity index (χ1n) is 9.08. The number of amides is 1. The highest BCUT2D eigenvalue weighted by molar-refractivity contribution is 7.17. The van der Waals surface area contributed by atoms with Crippen LogP contribution in [0.15, 0.2) is 42.6 Å². The summed E-state index contributed by atoms with van der Waals surface area (Å²) in [4.78, 5) is 45.9. The molecular weight excluding hydrogens is 422 g/mol. The number of benzene rings is 1. The number of nitrogens with zero attached hydrogens (tertiary/aromatic N) is 4. The average Bonchev–Trinajstić information content (AvgIpc) is 3.15. The predicted octanol–water partition coefficient (Wildman–Crippen LogP) is 2.82. The van der Waals surface area contributed by atoms with Gasteiger partial charge in [-0.15, -0.1) is 11.3 Å². The molecule has 1 aromatic carbocycles. The van der Waals surface area contributed by atoms with Crippen LogP contribution in [0.3, 0.4) is 0 Å². The minimum Gasteiger partial charge on any atom is -0.468 e. The summed E-state index contributed by atoms with van der Waals surface area (Å²) in [7, 11) is 1.25. The van der Waals surface area contributed by atoms with Gasteiger partial charge in [0.05, 0.1) is 30.0 Å². The number of rotatable bonds is 7. The normalized spacial score (nSPS) is 10.5. The summed E-state index contributed by atoms with van der Waals surface area (Å²) in [5.41, 5.74) is 6.98. The van der Waals surface area contributed by atoms with Gasteiger partial charge in [0.25, 0.3) is 11.6 Å². The number of pyridine rings is 1. The summed E-state index contributed by atoms with van der Waals surface area (Å²) in [6.07, 6.45) is 1.60. The maximum Gasteiger partial charge on any atom is 0.325 e. The van der Waals surface area contributed by atoms with E-state index < -0.39 is 16.8 Å². The molecule has 0 unspecified atom stereocenters. The van der Waals surface area contributed by atoms with Crippen LogP contribution in [0.2, 0.25) is 0 Å². The number of carbonyl (C=O) groups excluding carboxylic acids is 2. The predicted molar refractivity (Wildman–Crippen MR) is 114 cm³/mol. The Hall–Kier alpha value is -3.86. The molecular formula is C20H19N5O5S. The molecule has 2 heterocycles. The Morgan fingerprint density at radius 3 is 2.71 bits per heavy atom. The Bertz CT molecular complexity index is 1130. The Morgan fingerprint density at radius 1 is 1.29 bits per heavy atom. The molecule has 1 amide bonds. The number of ether oxygens (including phenoxy) is 1. The number of nitrogen functional groups attached to an aromatic ring is 1. The number of methoxy groups -OCH3 is 1. The number of nitro groups is 1. The van der Waals surface area contributed by atoms with Crippen LogP contribution in [0.25, 0.3) is 10.6 Å². The van der Waals surface area contributed by atoms with Gasteiger partial charge in [-0.1, -0.05) is 6.07 Å². The van der Waals surface area contributed by atoms with Gasteiger partial charge in [0.15, 0.2) is 0 Å². The summed E-state index contributed by atoms with van der Waals surface area (Å²) in [5.74, 6) is -0.983. The van der Waals surface area contributed by atoms with Crippen LogP contribution in [-0.2, 0) is 16.1 Å². The highest BCUT2D eigenvalue weighted by Crippen LogP contribution is 2.33. The van der Waals surface area contributed by atoms with Gasteiger partial charge in [-0.25, -0.2) is 4.98 Å². The van der Waals surface area contributed by atoms with Crippen LogP contribution in [0.4, 0.5) is 11.4 Å². The molecule has 0 saturated carbocycles. The number of hydrogen-bond acceptors (Lipinski definition) is 9. The Balaban J connectivity index is 1.94. The zero-order chi connectivity index (χ0) is 22.5. The molecule has 11 heteroatoms. The molecule has 2 N–H and O–H groups in total. The smallest absolute Gasteiger partial charge is 0.325 e. The van der Waals surface area contributed by atoms with Gasteiger partial charge >= 0.3 is 5.97 Å². The van der Waals surface area contributed by atoms with Crippen molar-refractivity contribution in [3.8, 4) is 10.6 Å². The van der Waals surface area contributed by atoms with E-state index in [1.165, 1.54) is 24.1 Å². The second-order valence-corrected chi connectivity index (χ2v) is 7.52. The molecule has 0 saturated heterocycles. The Labute approximate surface area is 181 Å². The molecule has 0 fully saturated rings. The molecule has 0 bridgehead atoms. The number of carbonyl (C=O) groups is 2. The van der Waals surface area contributed by atoms with Crippen molar-refractivity contribution in [3.63, 3.8) is 0 Å². The van der Waals surface area contributed by atoms with Crippen LogP contribution in [0, 0.1) is 17.0 Å². The molecule has 0 aliphatic heterocycles. The third-order valence-electron chi connectivity index (χ3n) is 4.38. The van der Waals surface area contributed by atoms with Gasteiger partial charge in [-0.3, -0.25) is 24.7 Å². The van der Waals surface area contributed by atoms with Gasteiger partial charge in [-0.2, -0.15) is 0 Å². The minimum absolute atomic E-state index is 0.0398. The summed E-state index contributed by atoms with van der Waals surface area (Å²) in [6, 6.07) is 9.64. The summed E-state index contributed by atoms with van der Waals surface area (Å²) in [5, 5.41) is 11.6. The summed E-state index contributed by atoms with van der Waals surface area (Å²) >= 11 is 1.08. The van der Waals surface area contributed by atoms with Crippen molar-refractivity contribution in [1.29, 1.82) is 0 Å². The lowest BCUT2D eigenvalue weighted by atomic mass is 10.2. The van der Waals surface area contributed by atoms with Crippen LogP contribution in [0.5, 0.6) is 0 Å². The fourth-order valence-electron chi connectivity index (χ4n) is 2.80. The van der Waals surface area contributed by atoms with Crippen molar-refractivity contribution >= 4 is 34.6 Å². The number of aryl methyl sites for hydroxylation is 1. The lowest BCUT2D eigenvalue weighted by Gasteiger charge is -2.20. The molecule has 0 aliphatic carbocycles. The SMILES string of the molecule is COC(=O)CN(Cc1ccccn1)C(=O)c1sc(-c2ccc(N)c([N+](=O)[O-])c2)nc1C. The van der Waals surface area contributed by atoms with Gasteiger partial charge in [0.2, 0.25) is 0 Å².